The summed E-state index contributed by atoms with van der Waals surface area (Å²) < 4.78 is 22.4. The molecule has 0 bridgehead atoms. The van der Waals surface area contributed by atoms with E-state index in [1.54, 1.807) is 28.0 Å². The van der Waals surface area contributed by atoms with Gasteiger partial charge in [-0.2, -0.15) is 15.3 Å². The Bertz CT molecular complexity index is 1890. The number of piperazine rings is 1. The van der Waals surface area contributed by atoms with Crippen LogP contribution in [0.4, 0.5) is 11.4 Å². The van der Waals surface area contributed by atoms with E-state index in [1.165, 1.54) is 5.69 Å². The van der Waals surface area contributed by atoms with E-state index < -0.39 is 5.79 Å². The molecule has 7 rings (SSSR count). The fourth-order valence-corrected chi connectivity index (χ4v) is 6.63. The van der Waals surface area contributed by atoms with Crippen LogP contribution in [0.15, 0.2) is 102 Å². The van der Waals surface area contributed by atoms with Crippen LogP contribution < -0.4 is 20.2 Å². The van der Waals surface area contributed by atoms with E-state index in [2.05, 4.69) is 75.3 Å². The van der Waals surface area contributed by atoms with Gasteiger partial charge >= 0.3 is 5.69 Å². The summed E-state index contributed by atoms with van der Waals surface area (Å²) in [7, 11) is 0. The number of rotatable bonds is 11. The van der Waals surface area contributed by atoms with Crippen LogP contribution >= 0.6 is 0 Å². The second kappa shape index (κ2) is 14.2. The molecule has 2 aromatic heterocycles. The fourth-order valence-electron chi connectivity index (χ4n) is 6.63. The zero-order valence-corrected chi connectivity index (χ0v) is 28.3. The van der Waals surface area contributed by atoms with Gasteiger partial charge in [-0.25, -0.2) is 14.0 Å². The van der Waals surface area contributed by atoms with Crippen LogP contribution in [-0.4, -0.2) is 70.0 Å². The minimum absolute atomic E-state index is 0.0716. The summed E-state index contributed by atoms with van der Waals surface area (Å²) >= 11 is 0. The summed E-state index contributed by atoms with van der Waals surface area (Å²) in [6.07, 6.45) is 6.22. The average Bonchev–Trinajstić information content (AvgIpc) is 3.75. The first kappa shape index (κ1) is 32.5. The molecule has 0 spiro atoms. The SMILES string of the molecule is CCC(C)n1ncn(-c2ccc(N3CCN(c4ccc(OC[C@@H]5CO[C@@](Cc6ccnnc6)(c6ccccc6C)O5)cc4)CC3)cc2)c1=O. The van der Waals surface area contributed by atoms with Crippen LogP contribution in [-0.2, 0) is 21.7 Å². The van der Waals surface area contributed by atoms with Crippen LogP contribution in [0, 0.1) is 6.92 Å². The Morgan fingerprint density at radius 3 is 2.22 bits per heavy atom. The maximum atomic E-state index is 12.8. The number of aryl methyl sites for hydroxylation is 1. The van der Waals surface area contributed by atoms with Gasteiger partial charge in [0.1, 0.15) is 24.8 Å². The predicted molar refractivity (Wildman–Crippen MR) is 189 cm³/mol. The summed E-state index contributed by atoms with van der Waals surface area (Å²) in [5.74, 6) is -0.112. The Balaban J connectivity index is 0.925. The van der Waals surface area contributed by atoms with Crippen molar-refractivity contribution in [3.8, 4) is 11.4 Å². The van der Waals surface area contributed by atoms with Gasteiger partial charge < -0.3 is 24.0 Å². The van der Waals surface area contributed by atoms with Crippen LogP contribution in [0.1, 0.15) is 43.0 Å². The number of aromatic nitrogens is 5. The van der Waals surface area contributed by atoms with Crippen LogP contribution in [0.25, 0.3) is 5.69 Å². The summed E-state index contributed by atoms with van der Waals surface area (Å²) in [5.41, 5.74) is 6.15. The number of benzene rings is 3. The first-order valence-corrected chi connectivity index (χ1v) is 17.1. The summed E-state index contributed by atoms with van der Waals surface area (Å²) in [6.45, 7) is 10.6. The van der Waals surface area contributed by atoms with Crippen LogP contribution in [0.5, 0.6) is 5.75 Å². The molecule has 2 aliphatic rings. The van der Waals surface area contributed by atoms with Gasteiger partial charge in [0.15, 0.2) is 5.79 Å². The Kier molecular flexibility index (Phi) is 9.45. The van der Waals surface area contributed by atoms with Crippen LogP contribution in [0.3, 0.4) is 0 Å². The molecule has 4 heterocycles. The summed E-state index contributed by atoms with van der Waals surface area (Å²) in [6, 6.07) is 26.7. The lowest BCUT2D eigenvalue weighted by atomic mass is 9.95. The lowest BCUT2D eigenvalue weighted by Crippen LogP contribution is -2.46. The van der Waals surface area contributed by atoms with Crippen molar-refractivity contribution in [2.75, 3.05) is 49.2 Å². The minimum Gasteiger partial charge on any atom is -0.491 e. The zero-order valence-electron chi connectivity index (χ0n) is 28.3. The molecule has 2 saturated heterocycles. The highest BCUT2D eigenvalue weighted by Crippen LogP contribution is 2.39. The standard InChI is InChI=1S/C38H43N7O4/c1-4-29(3)45-37(46)44(27-41-45)33-11-9-31(10-12-33)42-19-21-43(22-20-42)32-13-15-34(16-14-32)47-25-35-26-48-38(49-35,23-30-17-18-39-40-24-30)36-8-6-5-7-28(36)2/h5-18,24,27,29,35H,4,19-23,25-26H2,1-3H3/t29?,35-,38-/m1/s1. The molecule has 11 heteroatoms. The number of anilines is 2. The highest BCUT2D eigenvalue weighted by molar-refractivity contribution is 5.54. The van der Waals surface area contributed by atoms with E-state index >= 15 is 0 Å². The van der Waals surface area contributed by atoms with Gasteiger partial charge in [0.05, 0.1) is 24.5 Å². The first-order valence-electron chi connectivity index (χ1n) is 17.1. The van der Waals surface area contributed by atoms with E-state index in [4.69, 9.17) is 14.2 Å². The van der Waals surface area contributed by atoms with E-state index in [9.17, 15) is 4.79 Å². The van der Waals surface area contributed by atoms with E-state index in [0.717, 1.165) is 66.4 Å². The molecule has 0 N–H and O–H groups in total. The molecule has 1 unspecified atom stereocenters. The molecule has 0 saturated carbocycles. The fraction of sp³-hybridized carbons (Fsp3) is 0.368. The maximum Gasteiger partial charge on any atom is 0.350 e. The van der Waals surface area contributed by atoms with E-state index in [0.29, 0.717) is 19.6 Å². The molecule has 2 aliphatic heterocycles. The third-order valence-corrected chi connectivity index (χ3v) is 9.61. The monoisotopic (exact) mass is 661 g/mol. The van der Waals surface area contributed by atoms with Gasteiger partial charge in [-0.15, -0.1) is 0 Å². The third kappa shape index (κ3) is 6.95. The second-order valence-electron chi connectivity index (χ2n) is 12.8. The molecule has 5 aromatic rings. The second-order valence-corrected chi connectivity index (χ2v) is 12.8. The number of nitrogens with zero attached hydrogens (tertiary/aromatic N) is 7. The number of ether oxygens (including phenoxy) is 3. The number of hydrogen-bond acceptors (Lipinski definition) is 9. The predicted octanol–water partition coefficient (Wildman–Crippen LogP) is 5.32. The van der Waals surface area contributed by atoms with Crippen molar-refractivity contribution in [2.45, 2.75) is 51.5 Å². The molecule has 3 aromatic carbocycles. The molecule has 49 heavy (non-hydrogen) atoms. The maximum absolute atomic E-state index is 12.8. The first-order chi connectivity index (χ1) is 23.9. The highest BCUT2D eigenvalue weighted by atomic mass is 16.8. The van der Waals surface area contributed by atoms with Crippen molar-refractivity contribution in [1.29, 1.82) is 0 Å². The normalized spacial score (nSPS) is 20.0. The Hall–Kier alpha value is -5.00. The van der Waals surface area contributed by atoms with Gasteiger partial charge in [0, 0.05) is 55.7 Å². The molecule has 0 aliphatic carbocycles. The quantitative estimate of drug-likeness (QED) is 0.186. The largest absolute Gasteiger partial charge is 0.491 e. The van der Waals surface area contributed by atoms with Crippen molar-refractivity contribution in [3.05, 3.63) is 125 Å². The lowest BCUT2D eigenvalue weighted by Gasteiger charge is -2.37. The third-order valence-electron chi connectivity index (χ3n) is 9.61. The molecule has 0 radical (unpaired) electrons. The zero-order chi connectivity index (χ0) is 33.8. The van der Waals surface area contributed by atoms with Gasteiger partial charge in [-0.1, -0.05) is 31.2 Å². The molecule has 3 atom stereocenters. The smallest absolute Gasteiger partial charge is 0.350 e. The lowest BCUT2D eigenvalue weighted by molar-refractivity contribution is -0.178. The molecule has 11 nitrogen and oxygen atoms in total. The van der Waals surface area contributed by atoms with Gasteiger partial charge in [0.2, 0.25) is 0 Å². The molecule has 0 amide bonds. The Morgan fingerprint density at radius 2 is 1.57 bits per heavy atom. The highest BCUT2D eigenvalue weighted by Gasteiger charge is 2.44. The Labute approximate surface area is 286 Å². The van der Waals surface area contributed by atoms with Crippen LogP contribution in [0.2, 0.25) is 0 Å². The van der Waals surface area contributed by atoms with Gasteiger partial charge in [-0.3, -0.25) is 0 Å². The molecule has 254 valence electrons. The van der Waals surface area contributed by atoms with Crippen molar-refractivity contribution in [2.24, 2.45) is 0 Å². The Morgan fingerprint density at radius 1 is 0.898 bits per heavy atom. The molecular weight excluding hydrogens is 618 g/mol. The molecule has 2 fully saturated rings. The van der Waals surface area contributed by atoms with Gasteiger partial charge in [-0.05, 0) is 86.0 Å². The topological polar surface area (TPSA) is 99.8 Å². The van der Waals surface area contributed by atoms with E-state index in [1.807, 2.05) is 49.4 Å². The van der Waals surface area contributed by atoms with Crippen molar-refractivity contribution >= 4 is 11.4 Å². The minimum atomic E-state index is -0.909. The average molecular weight is 662 g/mol. The van der Waals surface area contributed by atoms with E-state index in [-0.39, 0.29) is 17.8 Å². The van der Waals surface area contributed by atoms with Gasteiger partial charge in [0.25, 0.3) is 0 Å². The summed E-state index contributed by atoms with van der Waals surface area (Å²) in [5, 5.41) is 12.3. The van der Waals surface area contributed by atoms with Crippen molar-refractivity contribution in [1.82, 2.24) is 24.5 Å². The van der Waals surface area contributed by atoms with Crippen molar-refractivity contribution in [3.63, 3.8) is 0 Å². The summed E-state index contributed by atoms with van der Waals surface area (Å²) in [4.78, 5) is 17.6. The number of hydrogen-bond donors (Lipinski definition) is 0. The van der Waals surface area contributed by atoms with Crippen molar-refractivity contribution < 1.29 is 14.2 Å². The molecular formula is C38H43N7O4.